The van der Waals surface area contributed by atoms with Crippen LogP contribution in [0, 0.1) is 0 Å². The zero-order chi connectivity index (χ0) is 14.4. The second-order valence-corrected chi connectivity index (χ2v) is 4.59. The Morgan fingerprint density at radius 1 is 1.47 bits per heavy atom. The molecule has 0 aliphatic carbocycles. The molecule has 1 atom stereocenters. The molecule has 0 bridgehead atoms. The maximum Gasteiger partial charge on any atom is 0.303 e. The third-order valence-corrected chi connectivity index (χ3v) is 3.25. The third kappa shape index (κ3) is 4.44. The van der Waals surface area contributed by atoms with Crippen LogP contribution in [0.4, 0.5) is 0 Å². The number of phenols is 1. The van der Waals surface area contributed by atoms with Gasteiger partial charge in [0.25, 0.3) is 0 Å². The molecule has 1 aromatic carbocycles. The van der Waals surface area contributed by atoms with E-state index in [1.807, 2.05) is 20.0 Å². The van der Waals surface area contributed by atoms with Crippen molar-refractivity contribution in [2.24, 2.45) is 0 Å². The second kappa shape index (κ2) is 6.99. The Balaban J connectivity index is 2.65. The molecule has 2 N–H and O–H groups in total. The summed E-state index contributed by atoms with van der Waals surface area (Å²) >= 11 is 0. The van der Waals surface area contributed by atoms with Crippen molar-refractivity contribution in [2.75, 3.05) is 20.7 Å². The average molecular weight is 267 g/mol. The lowest BCUT2D eigenvalue weighted by Gasteiger charge is -2.25. The van der Waals surface area contributed by atoms with Gasteiger partial charge in [-0.15, -0.1) is 0 Å². The normalized spacial score (nSPS) is 12.4. The number of methoxy groups -OCH3 is 1. The second-order valence-electron chi connectivity index (χ2n) is 4.59. The van der Waals surface area contributed by atoms with E-state index in [-0.39, 0.29) is 18.2 Å². The molecule has 5 heteroatoms. The lowest BCUT2D eigenvalue weighted by molar-refractivity contribution is -0.137. The van der Waals surface area contributed by atoms with Gasteiger partial charge < -0.3 is 14.9 Å². The number of aromatic hydroxyl groups is 1. The van der Waals surface area contributed by atoms with Gasteiger partial charge in [0, 0.05) is 12.5 Å². The lowest BCUT2D eigenvalue weighted by Crippen LogP contribution is -2.24. The van der Waals surface area contributed by atoms with Gasteiger partial charge in [0.2, 0.25) is 0 Å². The van der Waals surface area contributed by atoms with E-state index in [1.165, 1.54) is 7.11 Å². The minimum absolute atomic E-state index is 0.118. The van der Waals surface area contributed by atoms with Crippen LogP contribution in [0.2, 0.25) is 0 Å². The lowest BCUT2D eigenvalue weighted by atomic mass is 10.1. The Bertz CT molecular complexity index is 433. The van der Waals surface area contributed by atoms with Gasteiger partial charge in [0.05, 0.1) is 7.11 Å². The molecule has 0 aliphatic rings. The largest absolute Gasteiger partial charge is 0.504 e. The summed E-state index contributed by atoms with van der Waals surface area (Å²) in [6.07, 6.45) is 0.793. The first-order chi connectivity index (χ1) is 8.95. The molecule has 0 heterocycles. The number of carboxylic acids is 1. The first-order valence-corrected chi connectivity index (χ1v) is 6.24. The number of benzene rings is 1. The Morgan fingerprint density at radius 3 is 2.74 bits per heavy atom. The first kappa shape index (κ1) is 15.3. The molecule has 0 saturated heterocycles. The molecule has 1 rings (SSSR count). The molecule has 1 aromatic rings. The summed E-state index contributed by atoms with van der Waals surface area (Å²) in [5, 5.41) is 18.2. The zero-order valence-corrected chi connectivity index (χ0v) is 11.6. The van der Waals surface area contributed by atoms with Crippen molar-refractivity contribution in [2.45, 2.75) is 25.8 Å². The molecule has 0 aromatic heterocycles. The minimum Gasteiger partial charge on any atom is -0.504 e. The van der Waals surface area contributed by atoms with E-state index in [0.29, 0.717) is 18.7 Å². The summed E-state index contributed by atoms with van der Waals surface area (Å²) < 4.78 is 5.08. The molecule has 0 saturated carbocycles. The molecule has 106 valence electrons. The highest BCUT2D eigenvalue weighted by molar-refractivity contribution is 5.66. The van der Waals surface area contributed by atoms with Crippen LogP contribution in [-0.2, 0) is 4.79 Å². The average Bonchev–Trinajstić information content (AvgIpc) is 2.38. The Morgan fingerprint density at radius 2 is 2.16 bits per heavy atom. The van der Waals surface area contributed by atoms with E-state index < -0.39 is 5.97 Å². The molecular formula is C14H21NO4. The standard InChI is InChI=1S/C14H21NO4/c1-10(15(2)8-4-5-14(17)18)11-6-7-12(16)13(9-11)19-3/h6-7,9-10,16H,4-5,8H2,1-3H3,(H,17,18). The molecule has 1 unspecified atom stereocenters. The van der Waals surface area contributed by atoms with Crippen molar-refractivity contribution < 1.29 is 19.7 Å². The fourth-order valence-electron chi connectivity index (χ4n) is 1.88. The van der Waals surface area contributed by atoms with Crippen molar-refractivity contribution in [3.05, 3.63) is 23.8 Å². The van der Waals surface area contributed by atoms with Crippen molar-refractivity contribution in [1.82, 2.24) is 4.90 Å². The van der Waals surface area contributed by atoms with Gasteiger partial charge in [-0.3, -0.25) is 9.69 Å². The van der Waals surface area contributed by atoms with Crippen LogP contribution in [0.15, 0.2) is 18.2 Å². The minimum atomic E-state index is -0.771. The molecule has 0 aliphatic heterocycles. The van der Waals surface area contributed by atoms with Crippen LogP contribution in [0.5, 0.6) is 11.5 Å². The Labute approximate surface area is 113 Å². The van der Waals surface area contributed by atoms with E-state index in [2.05, 4.69) is 4.90 Å². The number of aliphatic carboxylic acids is 1. The van der Waals surface area contributed by atoms with Crippen molar-refractivity contribution in [1.29, 1.82) is 0 Å². The predicted octanol–water partition coefficient (Wildman–Crippen LogP) is 2.26. The monoisotopic (exact) mass is 267 g/mol. The molecule has 19 heavy (non-hydrogen) atoms. The van der Waals surface area contributed by atoms with Gasteiger partial charge in [0.15, 0.2) is 11.5 Å². The van der Waals surface area contributed by atoms with Gasteiger partial charge in [-0.25, -0.2) is 0 Å². The Hall–Kier alpha value is -1.75. The fraction of sp³-hybridized carbons (Fsp3) is 0.500. The SMILES string of the molecule is COc1cc(C(C)N(C)CCCC(=O)O)ccc1O. The van der Waals surface area contributed by atoms with E-state index in [1.54, 1.807) is 12.1 Å². The van der Waals surface area contributed by atoms with E-state index >= 15 is 0 Å². The maximum absolute atomic E-state index is 10.5. The van der Waals surface area contributed by atoms with Gasteiger partial charge in [-0.2, -0.15) is 0 Å². The van der Waals surface area contributed by atoms with Crippen LogP contribution in [0.3, 0.4) is 0 Å². The third-order valence-electron chi connectivity index (χ3n) is 3.25. The maximum atomic E-state index is 10.5. The number of carbonyl (C=O) groups is 1. The summed E-state index contributed by atoms with van der Waals surface area (Å²) in [5.74, 6) is -0.206. The number of phenolic OH excluding ortho intramolecular Hbond substituents is 1. The number of rotatable bonds is 7. The van der Waals surface area contributed by atoms with E-state index in [0.717, 1.165) is 5.56 Å². The van der Waals surface area contributed by atoms with Crippen LogP contribution in [-0.4, -0.2) is 41.8 Å². The summed E-state index contributed by atoms with van der Waals surface area (Å²) in [5.41, 5.74) is 1.02. The number of carboxylic acid groups (broad SMARTS) is 1. The predicted molar refractivity (Wildman–Crippen MR) is 72.6 cm³/mol. The summed E-state index contributed by atoms with van der Waals surface area (Å²) in [4.78, 5) is 12.6. The molecule has 0 radical (unpaired) electrons. The van der Waals surface area contributed by atoms with Crippen LogP contribution < -0.4 is 4.74 Å². The smallest absolute Gasteiger partial charge is 0.303 e. The molecule has 0 fully saturated rings. The highest BCUT2D eigenvalue weighted by atomic mass is 16.5. The fourth-order valence-corrected chi connectivity index (χ4v) is 1.88. The molecule has 0 spiro atoms. The van der Waals surface area contributed by atoms with Crippen molar-refractivity contribution in [3.8, 4) is 11.5 Å². The first-order valence-electron chi connectivity index (χ1n) is 6.24. The zero-order valence-electron chi connectivity index (χ0n) is 11.6. The highest BCUT2D eigenvalue weighted by Crippen LogP contribution is 2.30. The van der Waals surface area contributed by atoms with Gasteiger partial charge in [0.1, 0.15) is 0 Å². The number of ether oxygens (including phenoxy) is 1. The Kier molecular flexibility index (Phi) is 5.63. The van der Waals surface area contributed by atoms with Gasteiger partial charge in [-0.1, -0.05) is 6.07 Å². The number of hydrogen-bond donors (Lipinski definition) is 2. The molecular weight excluding hydrogens is 246 g/mol. The molecule has 0 amide bonds. The highest BCUT2D eigenvalue weighted by Gasteiger charge is 2.14. The summed E-state index contributed by atoms with van der Waals surface area (Å²) in [6.45, 7) is 2.74. The van der Waals surface area contributed by atoms with Crippen LogP contribution in [0.1, 0.15) is 31.4 Å². The molecule has 5 nitrogen and oxygen atoms in total. The van der Waals surface area contributed by atoms with Crippen molar-refractivity contribution >= 4 is 5.97 Å². The van der Waals surface area contributed by atoms with Crippen LogP contribution >= 0.6 is 0 Å². The van der Waals surface area contributed by atoms with E-state index in [9.17, 15) is 9.90 Å². The van der Waals surface area contributed by atoms with Crippen LogP contribution in [0.25, 0.3) is 0 Å². The number of nitrogens with zero attached hydrogens (tertiary/aromatic N) is 1. The topological polar surface area (TPSA) is 70.0 Å². The van der Waals surface area contributed by atoms with E-state index in [4.69, 9.17) is 9.84 Å². The van der Waals surface area contributed by atoms with Gasteiger partial charge >= 0.3 is 5.97 Å². The van der Waals surface area contributed by atoms with Gasteiger partial charge in [-0.05, 0) is 44.6 Å². The number of hydrogen-bond acceptors (Lipinski definition) is 4. The summed E-state index contributed by atoms with van der Waals surface area (Å²) in [7, 11) is 3.46. The quantitative estimate of drug-likeness (QED) is 0.793. The van der Waals surface area contributed by atoms with Crippen molar-refractivity contribution in [3.63, 3.8) is 0 Å². The summed E-state index contributed by atoms with van der Waals surface area (Å²) in [6, 6.07) is 5.38.